The molecule has 0 bridgehead atoms. The van der Waals surface area contributed by atoms with Gasteiger partial charge in [-0.2, -0.15) is 0 Å². The molecular weight excluding hydrogens is 234 g/mol. The maximum absolute atomic E-state index is 4.48. The summed E-state index contributed by atoms with van der Waals surface area (Å²) in [7, 11) is 0. The zero-order valence-corrected chi connectivity index (χ0v) is 10.3. The summed E-state index contributed by atoms with van der Waals surface area (Å²) < 4.78 is 2.23. The van der Waals surface area contributed by atoms with Crippen molar-refractivity contribution in [3.05, 3.63) is 78.4 Å². The fraction of sp³-hybridized carbons (Fsp3) is 0.0625. The van der Waals surface area contributed by atoms with Gasteiger partial charge in [-0.05, 0) is 36.4 Å². The van der Waals surface area contributed by atoms with Crippen molar-refractivity contribution >= 4 is 5.69 Å². The van der Waals surface area contributed by atoms with E-state index in [1.54, 1.807) is 0 Å². The van der Waals surface area contributed by atoms with Crippen LogP contribution in [0, 0.1) is 0 Å². The summed E-state index contributed by atoms with van der Waals surface area (Å²) in [6, 6.07) is 18.7. The Hall–Kier alpha value is -2.55. The predicted molar refractivity (Wildman–Crippen MR) is 75.5 cm³/mol. The van der Waals surface area contributed by atoms with Crippen LogP contribution in [-0.2, 0) is 0 Å². The van der Waals surface area contributed by atoms with E-state index in [-0.39, 0.29) is 6.04 Å². The first-order valence-corrected chi connectivity index (χ1v) is 6.37. The third-order valence-electron chi connectivity index (χ3n) is 3.52. The van der Waals surface area contributed by atoms with E-state index in [0.29, 0.717) is 0 Å². The number of benzene rings is 1. The zero-order chi connectivity index (χ0) is 12.7. The first-order valence-electron chi connectivity index (χ1n) is 6.37. The van der Waals surface area contributed by atoms with Crippen molar-refractivity contribution in [2.24, 2.45) is 0 Å². The summed E-state index contributed by atoms with van der Waals surface area (Å²) in [5.41, 5.74) is 4.59. The summed E-state index contributed by atoms with van der Waals surface area (Å²) in [4.78, 5) is 4.48. The molecule has 0 radical (unpaired) electrons. The smallest absolute Gasteiger partial charge is 0.110 e. The molecule has 0 amide bonds. The molecular formula is C16H13N3. The molecule has 0 saturated heterocycles. The van der Waals surface area contributed by atoms with Gasteiger partial charge in [0, 0.05) is 12.4 Å². The van der Waals surface area contributed by atoms with Gasteiger partial charge in [0.2, 0.25) is 0 Å². The van der Waals surface area contributed by atoms with E-state index in [2.05, 4.69) is 63.5 Å². The number of fused-ring (bicyclic) bond motifs is 3. The molecule has 1 atom stereocenters. The number of anilines is 1. The van der Waals surface area contributed by atoms with E-state index >= 15 is 0 Å². The van der Waals surface area contributed by atoms with Crippen LogP contribution in [0.15, 0.2) is 67.0 Å². The van der Waals surface area contributed by atoms with Crippen LogP contribution in [0.4, 0.5) is 5.69 Å². The number of hydrogen-bond acceptors (Lipinski definition) is 2. The molecule has 3 heteroatoms. The first kappa shape index (κ1) is 10.4. The summed E-state index contributed by atoms with van der Waals surface area (Å²) in [6.45, 7) is 0. The van der Waals surface area contributed by atoms with E-state index in [0.717, 1.165) is 11.4 Å². The summed E-state index contributed by atoms with van der Waals surface area (Å²) in [6.07, 6.45) is 3.94. The molecule has 0 aliphatic carbocycles. The molecule has 1 N–H and O–H groups in total. The lowest BCUT2D eigenvalue weighted by Gasteiger charge is -2.28. The van der Waals surface area contributed by atoms with Crippen molar-refractivity contribution in [1.82, 2.24) is 9.55 Å². The fourth-order valence-corrected chi connectivity index (χ4v) is 2.66. The van der Waals surface area contributed by atoms with Gasteiger partial charge in [-0.25, -0.2) is 0 Å². The van der Waals surface area contributed by atoms with Crippen molar-refractivity contribution in [2.75, 3.05) is 5.32 Å². The van der Waals surface area contributed by atoms with Crippen molar-refractivity contribution in [3.8, 4) is 5.69 Å². The monoisotopic (exact) mass is 247 g/mol. The molecule has 19 heavy (non-hydrogen) atoms. The second kappa shape index (κ2) is 3.99. The van der Waals surface area contributed by atoms with Crippen LogP contribution in [0.2, 0.25) is 0 Å². The lowest BCUT2D eigenvalue weighted by Crippen LogP contribution is -2.22. The van der Waals surface area contributed by atoms with Crippen molar-refractivity contribution < 1.29 is 0 Å². The van der Waals surface area contributed by atoms with Crippen molar-refractivity contribution in [2.45, 2.75) is 6.04 Å². The Morgan fingerprint density at radius 1 is 0.947 bits per heavy atom. The molecule has 1 aromatic carbocycles. The van der Waals surface area contributed by atoms with Gasteiger partial charge in [-0.1, -0.05) is 18.2 Å². The summed E-state index contributed by atoms with van der Waals surface area (Å²) in [5.74, 6) is 0. The molecule has 1 aliphatic heterocycles. The van der Waals surface area contributed by atoms with E-state index < -0.39 is 0 Å². The number of rotatable bonds is 1. The normalized spacial score (nSPS) is 16.3. The molecule has 92 valence electrons. The first-order chi connectivity index (χ1) is 9.43. The van der Waals surface area contributed by atoms with Crippen LogP contribution >= 0.6 is 0 Å². The molecule has 0 spiro atoms. The van der Waals surface area contributed by atoms with Crippen LogP contribution in [0.3, 0.4) is 0 Å². The number of hydrogen-bond donors (Lipinski definition) is 1. The van der Waals surface area contributed by atoms with Gasteiger partial charge < -0.3 is 9.88 Å². The highest BCUT2D eigenvalue weighted by atomic mass is 15.1. The second-order valence-corrected chi connectivity index (χ2v) is 4.65. The largest absolute Gasteiger partial charge is 0.370 e. The van der Waals surface area contributed by atoms with Crippen LogP contribution in [0.5, 0.6) is 0 Å². The van der Waals surface area contributed by atoms with Gasteiger partial charge in [-0.15, -0.1) is 0 Å². The molecule has 4 rings (SSSR count). The highest BCUT2D eigenvalue weighted by Crippen LogP contribution is 2.35. The molecule has 1 aliphatic rings. The quantitative estimate of drug-likeness (QED) is 0.714. The Kier molecular flexibility index (Phi) is 2.18. The lowest BCUT2D eigenvalue weighted by molar-refractivity contribution is 0.785. The average molecular weight is 247 g/mol. The van der Waals surface area contributed by atoms with E-state index in [4.69, 9.17) is 0 Å². The second-order valence-electron chi connectivity index (χ2n) is 4.65. The number of aromatic nitrogens is 2. The highest BCUT2D eigenvalue weighted by molar-refractivity contribution is 5.66. The van der Waals surface area contributed by atoms with Crippen molar-refractivity contribution in [3.63, 3.8) is 0 Å². The van der Waals surface area contributed by atoms with Gasteiger partial charge in [0.15, 0.2) is 0 Å². The highest BCUT2D eigenvalue weighted by Gasteiger charge is 2.25. The summed E-state index contributed by atoms with van der Waals surface area (Å²) in [5, 5.41) is 3.57. The Morgan fingerprint density at radius 2 is 1.84 bits per heavy atom. The lowest BCUT2D eigenvalue weighted by atomic mass is 10.1. The van der Waals surface area contributed by atoms with Crippen LogP contribution in [0.1, 0.15) is 17.4 Å². The minimum Gasteiger partial charge on any atom is -0.370 e. The van der Waals surface area contributed by atoms with Crippen LogP contribution < -0.4 is 5.32 Å². The third kappa shape index (κ3) is 1.55. The van der Waals surface area contributed by atoms with Crippen LogP contribution in [0.25, 0.3) is 5.69 Å². The maximum atomic E-state index is 4.48. The minimum absolute atomic E-state index is 0.103. The Bertz CT molecular complexity index is 716. The Labute approximate surface area is 111 Å². The number of pyridine rings is 1. The van der Waals surface area contributed by atoms with Crippen molar-refractivity contribution in [1.29, 1.82) is 0 Å². The van der Waals surface area contributed by atoms with Gasteiger partial charge in [-0.3, -0.25) is 4.98 Å². The third-order valence-corrected chi connectivity index (χ3v) is 3.52. The van der Waals surface area contributed by atoms with E-state index in [9.17, 15) is 0 Å². The zero-order valence-electron chi connectivity index (χ0n) is 10.3. The maximum Gasteiger partial charge on any atom is 0.110 e. The van der Waals surface area contributed by atoms with Gasteiger partial charge in [0.05, 0.1) is 22.8 Å². The molecule has 0 saturated carbocycles. The Morgan fingerprint density at radius 3 is 2.74 bits per heavy atom. The molecule has 0 unspecified atom stereocenters. The number of nitrogens with one attached hydrogen (secondary N) is 1. The van der Waals surface area contributed by atoms with E-state index in [1.807, 2.05) is 18.3 Å². The number of nitrogens with zero attached hydrogens (tertiary/aromatic N) is 2. The van der Waals surface area contributed by atoms with Gasteiger partial charge in [0.25, 0.3) is 0 Å². The van der Waals surface area contributed by atoms with Gasteiger partial charge in [0.1, 0.15) is 6.04 Å². The molecule has 3 aromatic rings. The van der Waals surface area contributed by atoms with E-state index in [1.165, 1.54) is 11.4 Å². The molecule has 2 aromatic heterocycles. The fourth-order valence-electron chi connectivity index (χ4n) is 2.66. The molecule has 3 heterocycles. The van der Waals surface area contributed by atoms with Gasteiger partial charge >= 0.3 is 0 Å². The molecule has 3 nitrogen and oxygen atoms in total. The minimum atomic E-state index is 0.103. The Balaban J connectivity index is 1.91. The topological polar surface area (TPSA) is 29.9 Å². The number of para-hydroxylation sites is 2. The average Bonchev–Trinajstić information content (AvgIpc) is 2.97. The van der Waals surface area contributed by atoms with Crippen LogP contribution in [-0.4, -0.2) is 9.55 Å². The summed E-state index contributed by atoms with van der Waals surface area (Å²) >= 11 is 0. The standard InChI is InChI=1S/C16H13N3/c1-2-8-14-12(6-1)18-16(13-7-3-4-10-17-13)15-9-5-11-19(14)15/h1-11,16,18H/t16-/m0/s1. The predicted octanol–water partition coefficient (Wildman–Crippen LogP) is 3.39. The molecule has 0 fully saturated rings. The SMILES string of the molecule is c1ccc([C@@H]2Nc3ccccc3-n3cccc32)nc1.